The fraction of sp³-hybridized carbons (Fsp3) is 0.267. The number of benzene rings is 1. The zero-order chi connectivity index (χ0) is 17.1. The summed E-state index contributed by atoms with van der Waals surface area (Å²) in [5.41, 5.74) is 0.336. The molecule has 2 heterocycles. The number of ether oxygens (including phenoxy) is 1. The molecule has 1 N–H and O–H groups in total. The summed E-state index contributed by atoms with van der Waals surface area (Å²) in [6.07, 6.45) is 1.17. The number of rotatable bonds is 5. The van der Waals surface area contributed by atoms with Crippen molar-refractivity contribution in [1.82, 2.24) is 19.7 Å². The summed E-state index contributed by atoms with van der Waals surface area (Å²) in [4.78, 5) is 28.7. The lowest BCUT2D eigenvalue weighted by Crippen LogP contribution is -2.27. The van der Waals surface area contributed by atoms with Gasteiger partial charge in [0.05, 0.1) is 17.2 Å². The number of aromatic nitrogens is 4. The molecule has 0 aliphatic heterocycles. The molecule has 0 aliphatic rings. The molecule has 3 rings (SSSR count). The number of para-hydroxylation sites is 1. The number of hydrogen-bond acceptors (Lipinski definition) is 7. The maximum Gasteiger partial charge on any atom is 0.261 e. The molecule has 24 heavy (non-hydrogen) atoms. The van der Waals surface area contributed by atoms with Gasteiger partial charge in [-0.25, -0.2) is 4.98 Å². The lowest BCUT2D eigenvalue weighted by Gasteiger charge is -2.06. The smallest absolute Gasteiger partial charge is 0.261 e. The number of anilines is 1. The van der Waals surface area contributed by atoms with Gasteiger partial charge < -0.3 is 4.74 Å². The third-order valence-electron chi connectivity index (χ3n) is 3.43. The Labute approximate surface area is 141 Å². The molecule has 0 bridgehead atoms. The van der Waals surface area contributed by atoms with E-state index in [1.807, 2.05) is 6.92 Å². The molecule has 0 radical (unpaired) electrons. The van der Waals surface area contributed by atoms with Crippen LogP contribution in [0.2, 0.25) is 0 Å². The number of carbonyl (C=O) groups excluding carboxylic acids is 1. The number of amides is 1. The van der Waals surface area contributed by atoms with Gasteiger partial charge in [0.25, 0.3) is 5.56 Å². The molecule has 3 aromatic rings. The SMILES string of the molecule is COC(C)c1nnc(NC(=O)Cn2cnc3ccccc3c2=O)s1. The molecule has 1 aromatic carbocycles. The Morgan fingerprint density at radius 3 is 2.96 bits per heavy atom. The number of fused-ring (bicyclic) bond motifs is 1. The maximum atomic E-state index is 12.3. The summed E-state index contributed by atoms with van der Waals surface area (Å²) in [5, 5.41) is 12.0. The van der Waals surface area contributed by atoms with E-state index in [0.29, 0.717) is 21.0 Å². The highest BCUT2D eigenvalue weighted by Gasteiger charge is 2.14. The Balaban J connectivity index is 1.74. The molecule has 9 heteroatoms. The summed E-state index contributed by atoms with van der Waals surface area (Å²) in [6, 6.07) is 7.00. The number of carbonyl (C=O) groups is 1. The van der Waals surface area contributed by atoms with Crippen LogP contribution in [-0.4, -0.2) is 32.8 Å². The Morgan fingerprint density at radius 1 is 1.38 bits per heavy atom. The van der Waals surface area contributed by atoms with Crippen LogP contribution in [-0.2, 0) is 16.1 Å². The van der Waals surface area contributed by atoms with Gasteiger partial charge in [0, 0.05) is 7.11 Å². The standard InChI is InChI=1S/C15H15N5O3S/c1-9(23-2)13-18-19-15(24-13)17-12(21)7-20-8-16-11-6-4-3-5-10(11)14(20)22/h3-6,8-9H,7H2,1-2H3,(H,17,19,21). The minimum absolute atomic E-state index is 0.147. The lowest BCUT2D eigenvalue weighted by molar-refractivity contribution is -0.116. The summed E-state index contributed by atoms with van der Waals surface area (Å²) in [7, 11) is 1.57. The zero-order valence-corrected chi connectivity index (χ0v) is 13.9. The first-order valence-electron chi connectivity index (χ1n) is 7.18. The average molecular weight is 345 g/mol. The van der Waals surface area contributed by atoms with Crippen molar-refractivity contribution in [3.8, 4) is 0 Å². The average Bonchev–Trinajstić information content (AvgIpc) is 3.05. The highest BCUT2D eigenvalue weighted by atomic mass is 32.1. The van der Waals surface area contributed by atoms with Gasteiger partial charge in [-0.05, 0) is 19.1 Å². The van der Waals surface area contributed by atoms with Crippen molar-refractivity contribution < 1.29 is 9.53 Å². The van der Waals surface area contributed by atoms with E-state index < -0.39 is 0 Å². The number of hydrogen-bond donors (Lipinski definition) is 1. The minimum atomic E-state index is -0.373. The van der Waals surface area contributed by atoms with Crippen LogP contribution in [0, 0.1) is 0 Å². The minimum Gasteiger partial charge on any atom is -0.374 e. The molecular weight excluding hydrogens is 330 g/mol. The molecule has 0 fully saturated rings. The van der Waals surface area contributed by atoms with Gasteiger partial charge >= 0.3 is 0 Å². The molecule has 0 saturated carbocycles. The fourth-order valence-corrected chi connectivity index (χ4v) is 2.87. The zero-order valence-electron chi connectivity index (χ0n) is 13.1. The third-order valence-corrected chi connectivity index (χ3v) is 4.43. The van der Waals surface area contributed by atoms with Gasteiger partial charge in [0.2, 0.25) is 11.0 Å². The first-order valence-corrected chi connectivity index (χ1v) is 8.00. The maximum absolute atomic E-state index is 12.3. The largest absolute Gasteiger partial charge is 0.374 e. The van der Waals surface area contributed by atoms with Crippen molar-refractivity contribution in [3.63, 3.8) is 0 Å². The number of nitrogens with one attached hydrogen (secondary N) is 1. The van der Waals surface area contributed by atoms with Gasteiger partial charge in [-0.3, -0.25) is 19.5 Å². The van der Waals surface area contributed by atoms with Gasteiger partial charge in [0.1, 0.15) is 17.7 Å². The van der Waals surface area contributed by atoms with Crippen LogP contribution in [0.25, 0.3) is 10.9 Å². The lowest BCUT2D eigenvalue weighted by atomic mass is 10.2. The second-order valence-electron chi connectivity index (χ2n) is 5.07. The van der Waals surface area contributed by atoms with E-state index in [0.717, 1.165) is 0 Å². The first-order chi connectivity index (χ1) is 11.6. The van der Waals surface area contributed by atoms with Crippen molar-refractivity contribution in [2.75, 3.05) is 12.4 Å². The van der Waals surface area contributed by atoms with Gasteiger partial charge in [-0.2, -0.15) is 0 Å². The van der Waals surface area contributed by atoms with Crippen LogP contribution in [0.1, 0.15) is 18.0 Å². The summed E-state index contributed by atoms with van der Waals surface area (Å²) < 4.78 is 6.41. The van der Waals surface area contributed by atoms with E-state index in [1.54, 1.807) is 31.4 Å². The highest BCUT2D eigenvalue weighted by molar-refractivity contribution is 7.15. The quantitative estimate of drug-likeness (QED) is 0.754. The van der Waals surface area contributed by atoms with Gasteiger partial charge in [-0.15, -0.1) is 10.2 Å². The molecule has 1 unspecified atom stereocenters. The molecule has 0 aliphatic carbocycles. The Morgan fingerprint density at radius 2 is 2.17 bits per heavy atom. The van der Waals surface area contributed by atoms with E-state index in [4.69, 9.17) is 4.74 Å². The normalized spacial score (nSPS) is 12.2. The van der Waals surface area contributed by atoms with Crippen molar-refractivity contribution in [1.29, 1.82) is 0 Å². The van der Waals surface area contributed by atoms with Crippen LogP contribution < -0.4 is 10.9 Å². The summed E-state index contributed by atoms with van der Waals surface area (Å²) in [5.74, 6) is -0.373. The van der Waals surface area contributed by atoms with Crippen molar-refractivity contribution >= 4 is 33.3 Å². The molecule has 0 saturated heterocycles. The van der Waals surface area contributed by atoms with Crippen LogP contribution in [0.3, 0.4) is 0 Å². The monoisotopic (exact) mass is 345 g/mol. The van der Waals surface area contributed by atoms with E-state index in [2.05, 4.69) is 20.5 Å². The molecule has 0 spiro atoms. The molecular formula is C15H15N5O3S. The molecule has 1 atom stereocenters. The molecule has 2 aromatic heterocycles. The van der Waals surface area contributed by atoms with Crippen molar-refractivity contribution in [3.05, 3.63) is 46.0 Å². The first kappa shape index (κ1) is 16.2. The van der Waals surface area contributed by atoms with Gasteiger partial charge in [0.15, 0.2) is 0 Å². The Kier molecular flexibility index (Phi) is 4.63. The van der Waals surface area contributed by atoms with Crippen molar-refractivity contribution in [2.45, 2.75) is 19.6 Å². The second kappa shape index (κ2) is 6.85. The summed E-state index contributed by atoms with van der Waals surface area (Å²) in [6.45, 7) is 1.69. The molecule has 1 amide bonds. The Hall–Kier alpha value is -2.65. The topological polar surface area (TPSA) is 99.0 Å². The van der Waals surface area contributed by atoms with Crippen LogP contribution in [0.15, 0.2) is 35.4 Å². The van der Waals surface area contributed by atoms with Crippen LogP contribution >= 0.6 is 11.3 Å². The van der Waals surface area contributed by atoms with Crippen LogP contribution in [0.5, 0.6) is 0 Å². The van der Waals surface area contributed by atoms with Crippen LogP contribution in [0.4, 0.5) is 5.13 Å². The van der Waals surface area contributed by atoms with Gasteiger partial charge in [-0.1, -0.05) is 23.5 Å². The predicted molar refractivity (Wildman–Crippen MR) is 90.0 cm³/mol. The Bertz CT molecular complexity index is 936. The summed E-state index contributed by atoms with van der Waals surface area (Å²) >= 11 is 1.23. The fourth-order valence-electron chi connectivity index (χ4n) is 2.08. The van der Waals surface area contributed by atoms with E-state index >= 15 is 0 Å². The van der Waals surface area contributed by atoms with Crippen molar-refractivity contribution in [2.24, 2.45) is 0 Å². The number of methoxy groups -OCH3 is 1. The highest BCUT2D eigenvalue weighted by Crippen LogP contribution is 2.23. The third kappa shape index (κ3) is 3.31. The van der Waals surface area contributed by atoms with E-state index in [9.17, 15) is 9.59 Å². The van der Waals surface area contributed by atoms with E-state index in [1.165, 1.54) is 22.2 Å². The second-order valence-corrected chi connectivity index (χ2v) is 6.08. The molecule has 124 valence electrons. The molecule has 8 nitrogen and oxygen atoms in total. The van der Waals surface area contributed by atoms with E-state index in [-0.39, 0.29) is 24.1 Å². The number of nitrogens with zero attached hydrogens (tertiary/aromatic N) is 4. The predicted octanol–water partition coefficient (Wildman–Crippen LogP) is 1.59.